The molecular formula is C23H24F4N6O2. The fourth-order valence-corrected chi connectivity index (χ4v) is 4.90. The summed E-state index contributed by atoms with van der Waals surface area (Å²) >= 11 is 0. The summed E-state index contributed by atoms with van der Waals surface area (Å²) in [6.45, 7) is 0.177. The minimum atomic E-state index is -4.53. The lowest BCUT2D eigenvalue weighted by Gasteiger charge is -2.39. The van der Waals surface area contributed by atoms with Crippen LogP contribution in [0.2, 0.25) is 0 Å². The number of hydrogen-bond donors (Lipinski definition) is 1. The molecule has 2 atom stereocenters. The molecule has 0 spiro atoms. The predicted molar refractivity (Wildman–Crippen MR) is 119 cm³/mol. The van der Waals surface area contributed by atoms with Crippen molar-refractivity contribution < 1.29 is 27.0 Å². The van der Waals surface area contributed by atoms with Crippen molar-refractivity contribution in [2.45, 2.75) is 31.6 Å². The number of benzene rings is 1. The molecule has 5 rings (SSSR count). The summed E-state index contributed by atoms with van der Waals surface area (Å²) in [4.78, 5) is 10.6. The third-order valence-electron chi connectivity index (χ3n) is 6.39. The minimum Gasteiger partial charge on any atom is -0.481 e. The van der Waals surface area contributed by atoms with Gasteiger partial charge in [0, 0.05) is 43.1 Å². The average Bonchev–Trinajstić information content (AvgIpc) is 3.26. The highest BCUT2D eigenvalue weighted by atomic mass is 19.4. The highest BCUT2D eigenvalue weighted by Gasteiger charge is 2.43. The number of halogens is 4. The summed E-state index contributed by atoms with van der Waals surface area (Å²) in [5.41, 5.74) is 1.02. The van der Waals surface area contributed by atoms with E-state index in [-0.39, 0.29) is 35.6 Å². The van der Waals surface area contributed by atoms with E-state index >= 15 is 0 Å². The SMILES string of the molecule is COc1cc(N2CC3CCC(C2)C3Nc2nc(Oc3cccc(F)c3)n(CC(F)(F)F)n2)ccn1. The fraction of sp³-hybridized carbons (Fsp3) is 0.435. The van der Waals surface area contributed by atoms with Crippen LogP contribution in [0.25, 0.3) is 0 Å². The molecule has 2 bridgehead atoms. The third-order valence-corrected chi connectivity index (χ3v) is 6.39. The van der Waals surface area contributed by atoms with Gasteiger partial charge in [0.15, 0.2) is 0 Å². The van der Waals surface area contributed by atoms with Crippen molar-refractivity contribution in [3.8, 4) is 17.6 Å². The van der Waals surface area contributed by atoms with E-state index in [4.69, 9.17) is 9.47 Å². The van der Waals surface area contributed by atoms with Crippen molar-refractivity contribution >= 4 is 11.6 Å². The molecule has 1 saturated carbocycles. The summed E-state index contributed by atoms with van der Waals surface area (Å²) in [6, 6.07) is 8.61. The van der Waals surface area contributed by atoms with Gasteiger partial charge in [0.2, 0.25) is 11.8 Å². The molecule has 186 valence electrons. The van der Waals surface area contributed by atoms with Crippen LogP contribution >= 0.6 is 0 Å². The van der Waals surface area contributed by atoms with Crippen molar-refractivity contribution in [3.05, 3.63) is 48.4 Å². The number of fused-ring (bicyclic) bond motifs is 2. The molecule has 3 aromatic rings. The van der Waals surface area contributed by atoms with E-state index in [1.54, 1.807) is 13.3 Å². The van der Waals surface area contributed by atoms with Crippen LogP contribution in [0, 0.1) is 17.7 Å². The van der Waals surface area contributed by atoms with E-state index in [1.807, 2.05) is 12.1 Å². The van der Waals surface area contributed by atoms with Crippen LogP contribution < -0.4 is 19.7 Å². The van der Waals surface area contributed by atoms with Crippen LogP contribution in [0.1, 0.15) is 12.8 Å². The van der Waals surface area contributed by atoms with Gasteiger partial charge in [0.05, 0.1) is 7.11 Å². The lowest BCUT2D eigenvalue weighted by atomic mass is 9.92. The largest absolute Gasteiger partial charge is 0.481 e. The van der Waals surface area contributed by atoms with Crippen molar-refractivity contribution in [2.75, 3.05) is 30.4 Å². The number of aromatic nitrogens is 4. The highest BCUT2D eigenvalue weighted by Crippen LogP contribution is 2.40. The summed E-state index contributed by atoms with van der Waals surface area (Å²) < 4.78 is 64.3. The first-order valence-corrected chi connectivity index (χ1v) is 11.2. The number of rotatable bonds is 7. The van der Waals surface area contributed by atoms with E-state index in [2.05, 4.69) is 25.3 Å². The normalized spacial score (nSPS) is 21.7. The number of methoxy groups -OCH3 is 1. The lowest BCUT2D eigenvalue weighted by molar-refractivity contribution is -0.143. The Labute approximate surface area is 198 Å². The third kappa shape index (κ3) is 5.25. The molecule has 2 fully saturated rings. The molecule has 2 aliphatic rings. The number of nitrogens with one attached hydrogen (secondary N) is 1. The Morgan fingerprint density at radius 2 is 1.89 bits per heavy atom. The molecule has 1 N–H and O–H groups in total. The van der Waals surface area contributed by atoms with Crippen molar-refractivity contribution in [1.82, 2.24) is 19.7 Å². The quantitative estimate of drug-likeness (QED) is 0.487. The van der Waals surface area contributed by atoms with Gasteiger partial charge in [-0.2, -0.15) is 18.2 Å². The van der Waals surface area contributed by atoms with E-state index in [0.29, 0.717) is 10.6 Å². The smallest absolute Gasteiger partial charge is 0.408 e. The van der Waals surface area contributed by atoms with Gasteiger partial charge >= 0.3 is 12.2 Å². The van der Waals surface area contributed by atoms with Crippen molar-refractivity contribution in [1.29, 1.82) is 0 Å². The summed E-state index contributed by atoms with van der Waals surface area (Å²) in [5, 5.41) is 7.28. The number of ether oxygens (including phenoxy) is 2. The zero-order valence-corrected chi connectivity index (χ0v) is 18.9. The monoisotopic (exact) mass is 492 g/mol. The fourth-order valence-electron chi connectivity index (χ4n) is 4.90. The molecule has 1 aromatic carbocycles. The lowest BCUT2D eigenvalue weighted by Crippen LogP contribution is -2.48. The van der Waals surface area contributed by atoms with Gasteiger partial charge in [-0.05, 0) is 42.9 Å². The maximum absolute atomic E-state index is 13.5. The second kappa shape index (κ2) is 9.23. The molecule has 0 radical (unpaired) electrons. The molecule has 2 aromatic heterocycles. The maximum Gasteiger partial charge on any atom is 0.408 e. The molecule has 1 saturated heterocycles. The van der Waals surface area contributed by atoms with Crippen LogP contribution in [0.3, 0.4) is 0 Å². The minimum absolute atomic E-state index is 0.0127. The molecule has 8 nitrogen and oxygen atoms in total. The van der Waals surface area contributed by atoms with Crippen LogP contribution in [0.4, 0.5) is 29.2 Å². The highest BCUT2D eigenvalue weighted by molar-refractivity contribution is 5.49. The number of alkyl halides is 3. The van der Waals surface area contributed by atoms with Gasteiger partial charge in [-0.1, -0.05) is 6.07 Å². The van der Waals surface area contributed by atoms with Crippen LogP contribution in [-0.2, 0) is 6.54 Å². The number of anilines is 2. The van der Waals surface area contributed by atoms with Gasteiger partial charge < -0.3 is 19.7 Å². The molecular weight excluding hydrogens is 468 g/mol. The molecule has 1 aliphatic carbocycles. The Kier molecular flexibility index (Phi) is 6.12. The first-order valence-electron chi connectivity index (χ1n) is 11.2. The number of pyridine rings is 1. The summed E-state index contributed by atoms with van der Waals surface area (Å²) in [5.74, 6) is 0.582. The molecule has 35 heavy (non-hydrogen) atoms. The van der Waals surface area contributed by atoms with Crippen LogP contribution in [0.15, 0.2) is 42.6 Å². The Bertz CT molecular complexity index is 1170. The van der Waals surface area contributed by atoms with E-state index in [1.165, 1.54) is 18.2 Å². The Hall–Kier alpha value is -3.57. The van der Waals surface area contributed by atoms with E-state index < -0.39 is 18.5 Å². The predicted octanol–water partition coefficient (Wildman–Crippen LogP) is 4.50. The topological polar surface area (TPSA) is 77.3 Å². The second-order valence-corrected chi connectivity index (χ2v) is 8.78. The van der Waals surface area contributed by atoms with Crippen molar-refractivity contribution in [2.24, 2.45) is 11.8 Å². The van der Waals surface area contributed by atoms with E-state index in [9.17, 15) is 17.6 Å². The Morgan fingerprint density at radius 3 is 2.57 bits per heavy atom. The van der Waals surface area contributed by atoms with Gasteiger partial charge in [0.1, 0.15) is 18.1 Å². The molecule has 3 heterocycles. The first-order chi connectivity index (χ1) is 16.8. The number of hydrogen-bond acceptors (Lipinski definition) is 7. The Balaban J connectivity index is 1.33. The molecule has 1 aliphatic heterocycles. The summed E-state index contributed by atoms with van der Waals surface area (Å²) in [7, 11) is 1.57. The van der Waals surface area contributed by atoms with Gasteiger partial charge in [-0.3, -0.25) is 0 Å². The maximum atomic E-state index is 13.5. The van der Waals surface area contributed by atoms with Gasteiger partial charge in [-0.25, -0.2) is 14.1 Å². The van der Waals surface area contributed by atoms with Crippen molar-refractivity contribution in [3.63, 3.8) is 0 Å². The van der Waals surface area contributed by atoms with E-state index in [0.717, 1.165) is 37.7 Å². The van der Waals surface area contributed by atoms with Crippen LogP contribution in [0.5, 0.6) is 17.6 Å². The number of nitrogens with zero attached hydrogens (tertiary/aromatic N) is 5. The second-order valence-electron chi connectivity index (χ2n) is 8.78. The zero-order chi connectivity index (χ0) is 24.6. The zero-order valence-electron chi connectivity index (χ0n) is 18.9. The van der Waals surface area contributed by atoms with Crippen LogP contribution in [-0.4, -0.2) is 52.2 Å². The van der Waals surface area contributed by atoms with Gasteiger partial charge in [0.25, 0.3) is 0 Å². The Morgan fingerprint density at radius 1 is 1.11 bits per heavy atom. The molecule has 0 amide bonds. The number of piperidine rings is 1. The molecule has 12 heteroatoms. The summed E-state index contributed by atoms with van der Waals surface area (Å²) in [6.07, 6.45) is -0.855. The standard InChI is InChI=1S/C23H24F4N6O2/c1-34-19-10-17(7-8-28-19)32-11-14-5-6-15(12-32)20(14)29-21-30-22(33(31-21)13-23(25,26)27)35-18-4-2-3-16(24)9-18/h2-4,7-10,14-15,20H,5-6,11-13H2,1H3,(H,29,31). The molecule has 2 unspecified atom stereocenters. The van der Waals surface area contributed by atoms with Gasteiger partial charge in [-0.15, -0.1) is 5.10 Å². The first kappa shape index (κ1) is 23.2. The average molecular weight is 492 g/mol.